The van der Waals surface area contributed by atoms with E-state index in [1.807, 2.05) is 21.0 Å². The van der Waals surface area contributed by atoms with Crippen molar-refractivity contribution in [3.63, 3.8) is 0 Å². The Morgan fingerprint density at radius 2 is 2.22 bits per heavy atom. The molecule has 1 amide bonds. The largest absolute Gasteiger partial charge is 0.378 e. The predicted octanol–water partition coefficient (Wildman–Crippen LogP) is 0.829. The van der Waals surface area contributed by atoms with Gasteiger partial charge in [-0.25, -0.2) is 9.97 Å². The van der Waals surface area contributed by atoms with Crippen molar-refractivity contribution in [1.82, 2.24) is 15.3 Å². The average Bonchev–Trinajstić information content (AvgIpc) is 2.36. The minimum Gasteiger partial charge on any atom is -0.378 e. The van der Waals surface area contributed by atoms with Gasteiger partial charge in [0.05, 0.1) is 17.9 Å². The van der Waals surface area contributed by atoms with Crippen LogP contribution in [0, 0.1) is 0 Å². The Labute approximate surface area is 107 Å². The summed E-state index contributed by atoms with van der Waals surface area (Å²) in [7, 11) is 5.27. The molecule has 18 heavy (non-hydrogen) atoms. The van der Waals surface area contributed by atoms with Crippen LogP contribution in [0.4, 0.5) is 5.95 Å². The Morgan fingerprint density at radius 1 is 1.50 bits per heavy atom. The van der Waals surface area contributed by atoms with E-state index in [0.717, 1.165) is 6.42 Å². The number of hydrogen-bond acceptors (Lipinski definition) is 5. The van der Waals surface area contributed by atoms with Gasteiger partial charge in [0.25, 0.3) is 5.91 Å². The quantitative estimate of drug-likeness (QED) is 0.812. The molecule has 6 nitrogen and oxygen atoms in total. The molecule has 0 aliphatic carbocycles. The molecule has 0 unspecified atom stereocenters. The van der Waals surface area contributed by atoms with Crippen LogP contribution in [0.2, 0.25) is 0 Å². The smallest absolute Gasteiger partial charge is 0.254 e. The topological polar surface area (TPSA) is 67.4 Å². The van der Waals surface area contributed by atoms with Crippen molar-refractivity contribution < 1.29 is 9.53 Å². The third-order valence-corrected chi connectivity index (χ3v) is 2.32. The molecule has 1 aromatic rings. The fraction of sp³-hybridized carbons (Fsp3) is 0.583. The molecule has 1 rings (SSSR count). The molecule has 1 aromatic heterocycles. The van der Waals surface area contributed by atoms with Crippen LogP contribution in [0.5, 0.6) is 0 Å². The summed E-state index contributed by atoms with van der Waals surface area (Å²) in [5.74, 6) is 0.406. The lowest BCUT2D eigenvalue weighted by Crippen LogP contribution is -2.26. The lowest BCUT2D eigenvalue weighted by molar-refractivity contribution is 0.0947. The Balaban J connectivity index is 2.99. The van der Waals surface area contributed by atoms with Gasteiger partial charge in [-0.15, -0.1) is 0 Å². The average molecular weight is 252 g/mol. The Hall–Kier alpha value is -1.69. The highest BCUT2D eigenvalue weighted by molar-refractivity contribution is 5.95. The number of hydrogen-bond donors (Lipinski definition) is 1. The second-order valence-electron chi connectivity index (χ2n) is 4.11. The number of carbonyl (C=O) groups excluding carboxylic acids is 1. The van der Waals surface area contributed by atoms with Gasteiger partial charge in [-0.1, -0.05) is 6.92 Å². The molecular weight excluding hydrogens is 232 g/mol. The van der Waals surface area contributed by atoms with Crippen molar-refractivity contribution in [1.29, 1.82) is 0 Å². The first-order valence-electron chi connectivity index (χ1n) is 5.90. The number of methoxy groups -OCH3 is 1. The van der Waals surface area contributed by atoms with Crippen molar-refractivity contribution in [3.05, 3.63) is 17.5 Å². The summed E-state index contributed by atoms with van der Waals surface area (Å²) in [6.45, 7) is 2.93. The first-order valence-corrected chi connectivity index (χ1v) is 5.90. The van der Waals surface area contributed by atoms with E-state index in [1.54, 1.807) is 18.2 Å². The van der Waals surface area contributed by atoms with Crippen LogP contribution in [-0.4, -0.2) is 43.6 Å². The number of ether oxygens (including phenoxy) is 1. The Morgan fingerprint density at radius 3 is 2.78 bits per heavy atom. The molecule has 0 saturated heterocycles. The molecule has 6 heteroatoms. The Kier molecular flexibility index (Phi) is 5.51. The van der Waals surface area contributed by atoms with Gasteiger partial charge in [0.15, 0.2) is 0 Å². The van der Waals surface area contributed by atoms with E-state index in [1.165, 1.54) is 0 Å². The van der Waals surface area contributed by atoms with Gasteiger partial charge in [-0.05, 0) is 6.42 Å². The van der Waals surface area contributed by atoms with Crippen LogP contribution >= 0.6 is 0 Å². The molecule has 100 valence electrons. The zero-order chi connectivity index (χ0) is 13.5. The van der Waals surface area contributed by atoms with Crippen LogP contribution in [0.25, 0.3) is 0 Å². The summed E-state index contributed by atoms with van der Waals surface area (Å²) >= 11 is 0. The second-order valence-corrected chi connectivity index (χ2v) is 4.11. The van der Waals surface area contributed by atoms with Gasteiger partial charge in [-0.2, -0.15) is 0 Å². The SMILES string of the molecule is CCCNC(=O)c1cnc(N(C)C)nc1COC. The first kappa shape index (κ1) is 14.4. The van der Waals surface area contributed by atoms with Crippen LogP contribution in [0.3, 0.4) is 0 Å². The fourth-order valence-corrected chi connectivity index (χ4v) is 1.39. The van der Waals surface area contributed by atoms with Crippen LogP contribution in [-0.2, 0) is 11.3 Å². The van der Waals surface area contributed by atoms with Crippen LogP contribution < -0.4 is 10.2 Å². The molecule has 0 aliphatic rings. The third kappa shape index (κ3) is 3.66. The third-order valence-electron chi connectivity index (χ3n) is 2.32. The number of carbonyl (C=O) groups is 1. The number of amides is 1. The normalized spacial score (nSPS) is 10.2. The highest BCUT2D eigenvalue weighted by Gasteiger charge is 2.14. The highest BCUT2D eigenvalue weighted by atomic mass is 16.5. The molecule has 0 aliphatic heterocycles. The summed E-state index contributed by atoms with van der Waals surface area (Å²) in [5.41, 5.74) is 1.07. The molecule has 1 heterocycles. The van der Waals surface area contributed by atoms with E-state index >= 15 is 0 Å². The molecule has 0 bridgehead atoms. The number of rotatable bonds is 6. The Bertz CT molecular complexity index is 407. The van der Waals surface area contributed by atoms with E-state index in [0.29, 0.717) is 23.8 Å². The van der Waals surface area contributed by atoms with E-state index in [-0.39, 0.29) is 12.5 Å². The summed E-state index contributed by atoms with van der Waals surface area (Å²) in [5, 5.41) is 2.81. The van der Waals surface area contributed by atoms with Gasteiger partial charge in [-0.3, -0.25) is 4.79 Å². The summed E-state index contributed by atoms with van der Waals surface area (Å²) in [4.78, 5) is 22.2. The van der Waals surface area contributed by atoms with Gasteiger partial charge in [0.2, 0.25) is 5.95 Å². The maximum Gasteiger partial charge on any atom is 0.254 e. The van der Waals surface area contributed by atoms with E-state index in [2.05, 4.69) is 15.3 Å². The lowest BCUT2D eigenvalue weighted by Gasteiger charge is -2.13. The van der Waals surface area contributed by atoms with Gasteiger partial charge < -0.3 is 15.0 Å². The molecule has 1 N–H and O–H groups in total. The molecule has 0 saturated carbocycles. The zero-order valence-electron chi connectivity index (χ0n) is 11.4. The minimum absolute atomic E-state index is 0.158. The highest BCUT2D eigenvalue weighted by Crippen LogP contribution is 2.11. The molecule has 0 fully saturated rings. The van der Waals surface area contributed by atoms with E-state index < -0.39 is 0 Å². The fourth-order valence-electron chi connectivity index (χ4n) is 1.39. The standard InChI is InChI=1S/C12H20N4O2/c1-5-6-13-11(17)9-7-14-12(16(2)3)15-10(9)8-18-4/h7H,5-6,8H2,1-4H3,(H,13,17). The van der Waals surface area contributed by atoms with Crippen molar-refractivity contribution in [2.75, 3.05) is 32.6 Å². The maximum absolute atomic E-state index is 11.9. The molecule has 0 aromatic carbocycles. The zero-order valence-corrected chi connectivity index (χ0v) is 11.4. The van der Waals surface area contributed by atoms with Gasteiger partial charge in [0, 0.05) is 33.9 Å². The lowest BCUT2D eigenvalue weighted by atomic mass is 10.2. The summed E-state index contributed by atoms with van der Waals surface area (Å²) < 4.78 is 5.07. The van der Waals surface area contributed by atoms with E-state index in [9.17, 15) is 4.79 Å². The number of nitrogens with one attached hydrogen (secondary N) is 1. The number of nitrogens with zero attached hydrogens (tertiary/aromatic N) is 3. The van der Waals surface area contributed by atoms with Gasteiger partial charge in [0.1, 0.15) is 0 Å². The van der Waals surface area contributed by atoms with Crippen LogP contribution in [0.15, 0.2) is 6.20 Å². The number of aromatic nitrogens is 2. The van der Waals surface area contributed by atoms with Crippen molar-refractivity contribution in [2.24, 2.45) is 0 Å². The monoisotopic (exact) mass is 252 g/mol. The predicted molar refractivity (Wildman–Crippen MR) is 69.7 cm³/mol. The molecular formula is C12H20N4O2. The molecule has 0 atom stereocenters. The first-order chi connectivity index (χ1) is 8.60. The number of anilines is 1. The maximum atomic E-state index is 11.9. The second kappa shape index (κ2) is 6.90. The van der Waals surface area contributed by atoms with Crippen LogP contribution in [0.1, 0.15) is 29.4 Å². The minimum atomic E-state index is -0.158. The molecule has 0 spiro atoms. The van der Waals surface area contributed by atoms with E-state index in [4.69, 9.17) is 4.74 Å². The molecule has 0 radical (unpaired) electrons. The summed E-state index contributed by atoms with van der Waals surface area (Å²) in [6, 6.07) is 0. The van der Waals surface area contributed by atoms with Crippen molar-refractivity contribution in [2.45, 2.75) is 20.0 Å². The van der Waals surface area contributed by atoms with Crippen molar-refractivity contribution >= 4 is 11.9 Å². The van der Waals surface area contributed by atoms with Gasteiger partial charge >= 0.3 is 0 Å². The van der Waals surface area contributed by atoms with Crippen molar-refractivity contribution in [3.8, 4) is 0 Å². The summed E-state index contributed by atoms with van der Waals surface area (Å²) in [6.07, 6.45) is 2.43.